The van der Waals surface area contributed by atoms with Crippen molar-refractivity contribution in [2.75, 3.05) is 34.5 Å². The highest BCUT2D eigenvalue weighted by molar-refractivity contribution is 7.89. The minimum Gasteiger partial charge on any atom is -0.493 e. The standard InChI is InChI=1S/C13H21NO6S/c1-18-9-10(6-7-15)14-21(16,17)11-4-5-12(19-2)13(8-11)20-3/h4-5,8,10,14-15H,6-7,9H2,1-3H3. The van der Waals surface area contributed by atoms with Gasteiger partial charge in [-0.05, 0) is 18.6 Å². The Hall–Kier alpha value is -1.35. The molecule has 0 amide bonds. The number of rotatable bonds is 9. The van der Waals surface area contributed by atoms with Gasteiger partial charge in [-0.1, -0.05) is 0 Å². The molecule has 1 unspecified atom stereocenters. The van der Waals surface area contributed by atoms with Gasteiger partial charge in [0.05, 0.1) is 25.7 Å². The van der Waals surface area contributed by atoms with E-state index in [1.54, 1.807) is 0 Å². The summed E-state index contributed by atoms with van der Waals surface area (Å²) in [4.78, 5) is 0.0548. The van der Waals surface area contributed by atoms with Gasteiger partial charge in [0, 0.05) is 25.8 Å². The Balaban J connectivity index is 3.01. The number of benzene rings is 1. The van der Waals surface area contributed by atoms with Gasteiger partial charge in [0.1, 0.15) is 0 Å². The van der Waals surface area contributed by atoms with E-state index in [0.717, 1.165) is 0 Å². The van der Waals surface area contributed by atoms with Crippen LogP contribution in [0.4, 0.5) is 0 Å². The molecular formula is C13H21NO6S. The molecule has 7 nitrogen and oxygen atoms in total. The van der Waals surface area contributed by atoms with Crippen molar-refractivity contribution in [1.82, 2.24) is 4.72 Å². The van der Waals surface area contributed by atoms with Crippen molar-refractivity contribution in [3.63, 3.8) is 0 Å². The molecular weight excluding hydrogens is 298 g/mol. The second-order valence-electron chi connectivity index (χ2n) is 4.30. The third-order valence-corrected chi connectivity index (χ3v) is 4.35. The maximum Gasteiger partial charge on any atom is 0.241 e. The van der Waals surface area contributed by atoms with Crippen LogP contribution >= 0.6 is 0 Å². The SMILES string of the molecule is COCC(CCO)NS(=O)(=O)c1ccc(OC)c(OC)c1. The van der Waals surface area contributed by atoms with Gasteiger partial charge in [-0.2, -0.15) is 0 Å². The lowest BCUT2D eigenvalue weighted by Crippen LogP contribution is -2.38. The van der Waals surface area contributed by atoms with E-state index in [1.807, 2.05) is 0 Å². The van der Waals surface area contributed by atoms with Crippen molar-refractivity contribution in [2.45, 2.75) is 17.4 Å². The maximum absolute atomic E-state index is 12.3. The van der Waals surface area contributed by atoms with E-state index in [9.17, 15) is 8.42 Å². The van der Waals surface area contributed by atoms with Crippen LogP contribution in [0.2, 0.25) is 0 Å². The Morgan fingerprint density at radius 2 is 1.86 bits per heavy atom. The predicted octanol–water partition coefficient (Wildman–Crippen LogP) is 0.380. The van der Waals surface area contributed by atoms with Gasteiger partial charge in [-0.25, -0.2) is 13.1 Å². The third kappa shape index (κ3) is 4.85. The Labute approximate surface area is 124 Å². The molecule has 0 aliphatic heterocycles. The smallest absolute Gasteiger partial charge is 0.241 e. The molecule has 2 N–H and O–H groups in total. The van der Waals surface area contributed by atoms with E-state index < -0.39 is 16.1 Å². The monoisotopic (exact) mass is 319 g/mol. The molecule has 0 aliphatic carbocycles. The van der Waals surface area contributed by atoms with Gasteiger partial charge in [0.2, 0.25) is 10.0 Å². The molecule has 0 aliphatic rings. The molecule has 1 rings (SSSR count). The molecule has 0 radical (unpaired) electrons. The van der Waals surface area contributed by atoms with Crippen LogP contribution in [0, 0.1) is 0 Å². The first-order valence-corrected chi connectivity index (χ1v) is 7.81. The van der Waals surface area contributed by atoms with Gasteiger partial charge in [0.25, 0.3) is 0 Å². The number of hydrogen-bond donors (Lipinski definition) is 2. The maximum atomic E-state index is 12.3. The summed E-state index contributed by atoms with van der Waals surface area (Å²) in [6.45, 7) is 0.0373. The molecule has 120 valence electrons. The molecule has 1 aromatic rings. The molecule has 1 atom stereocenters. The van der Waals surface area contributed by atoms with Crippen molar-refractivity contribution in [1.29, 1.82) is 0 Å². The van der Waals surface area contributed by atoms with Crippen LogP contribution < -0.4 is 14.2 Å². The molecule has 0 fully saturated rings. The first-order valence-electron chi connectivity index (χ1n) is 6.32. The van der Waals surface area contributed by atoms with Gasteiger partial charge in [-0.15, -0.1) is 0 Å². The van der Waals surface area contributed by atoms with E-state index in [2.05, 4.69) is 4.72 Å². The zero-order valence-corrected chi connectivity index (χ0v) is 13.1. The second-order valence-corrected chi connectivity index (χ2v) is 6.02. The minimum atomic E-state index is -3.74. The number of methoxy groups -OCH3 is 3. The molecule has 0 saturated carbocycles. The molecule has 0 heterocycles. The molecule has 0 aromatic heterocycles. The summed E-state index contributed by atoms with van der Waals surface area (Å²) < 4.78 is 42.2. The number of aliphatic hydroxyl groups excluding tert-OH is 1. The summed E-state index contributed by atoms with van der Waals surface area (Å²) >= 11 is 0. The topological polar surface area (TPSA) is 94.1 Å². The summed E-state index contributed by atoms with van der Waals surface area (Å²) in [5, 5.41) is 8.95. The summed E-state index contributed by atoms with van der Waals surface area (Å²) in [7, 11) is 0.633. The summed E-state index contributed by atoms with van der Waals surface area (Å²) in [6, 6.07) is 3.82. The first-order chi connectivity index (χ1) is 9.98. The van der Waals surface area contributed by atoms with Gasteiger partial charge >= 0.3 is 0 Å². The van der Waals surface area contributed by atoms with Crippen LogP contribution in [0.5, 0.6) is 11.5 Å². The van der Waals surface area contributed by atoms with E-state index >= 15 is 0 Å². The van der Waals surface area contributed by atoms with Gasteiger partial charge in [0.15, 0.2) is 11.5 Å². The number of ether oxygens (including phenoxy) is 3. The first kappa shape index (κ1) is 17.7. The van der Waals surface area contributed by atoms with Crippen LogP contribution in [0.25, 0.3) is 0 Å². The zero-order valence-electron chi connectivity index (χ0n) is 12.3. The van der Waals surface area contributed by atoms with Crippen molar-refractivity contribution in [3.8, 4) is 11.5 Å². The van der Waals surface area contributed by atoms with Crippen LogP contribution in [0.1, 0.15) is 6.42 Å². The Morgan fingerprint density at radius 1 is 1.19 bits per heavy atom. The van der Waals surface area contributed by atoms with Gasteiger partial charge in [-0.3, -0.25) is 0 Å². The largest absolute Gasteiger partial charge is 0.493 e. The molecule has 0 bridgehead atoms. The number of hydrogen-bond acceptors (Lipinski definition) is 6. The fraction of sp³-hybridized carbons (Fsp3) is 0.538. The van der Waals surface area contributed by atoms with Crippen LogP contribution in [0.3, 0.4) is 0 Å². The molecule has 0 spiro atoms. The van der Waals surface area contributed by atoms with Crippen LogP contribution in [-0.2, 0) is 14.8 Å². The van der Waals surface area contributed by atoms with Crippen LogP contribution in [-0.4, -0.2) is 54.1 Å². The fourth-order valence-electron chi connectivity index (χ4n) is 1.80. The normalized spacial score (nSPS) is 13.0. The third-order valence-electron chi connectivity index (χ3n) is 2.83. The minimum absolute atomic E-state index is 0.0548. The van der Waals surface area contributed by atoms with Crippen molar-refractivity contribution in [3.05, 3.63) is 18.2 Å². The average molecular weight is 319 g/mol. The lowest BCUT2D eigenvalue weighted by atomic mass is 10.2. The van der Waals surface area contributed by atoms with E-state index in [1.165, 1.54) is 39.5 Å². The highest BCUT2D eigenvalue weighted by atomic mass is 32.2. The lowest BCUT2D eigenvalue weighted by molar-refractivity contribution is 0.158. The predicted molar refractivity (Wildman–Crippen MR) is 77.2 cm³/mol. The Kier molecular flexibility index (Phi) is 6.90. The number of sulfonamides is 1. The zero-order chi connectivity index (χ0) is 15.9. The molecule has 8 heteroatoms. The van der Waals surface area contributed by atoms with E-state index in [4.69, 9.17) is 19.3 Å². The van der Waals surface area contributed by atoms with Crippen LogP contribution in [0.15, 0.2) is 23.1 Å². The number of aliphatic hydroxyl groups is 1. The summed E-state index contributed by atoms with van der Waals surface area (Å²) in [6.07, 6.45) is 0.264. The average Bonchev–Trinajstić information content (AvgIpc) is 2.46. The molecule has 1 aromatic carbocycles. The molecule has 0 saturated heterocycles. The summed E-state index contributed by atoms with van der Waals surface area (Å²) in [5.41, 5.74) is 0. The van der Waals surface area contributed by atoms with Crippen molar-refractivity contribution >= 4 is 10.0 Å². The van der Waals surface area contributed by atoms with Gasteiger partial charge < -0.3 is 19.3 Å². The van der Waals surface area contributed by atoms with E-state index in [0.29, 0.717) is 11.5 Å². The quantitative estimate of drug-likeness (QED) is 0.683. The summed E-state index contributed by atoms with van der Waals surface area (Å²) in [5.74, 6) is 0.770. The second kappa shape index (κ2) is 8.18. The van der Waals surface area contributed by atoms with Crippen molar-refractivity contribution < 1.29 is 27.7 Å². The Morgan fingerprint density at radius 3 is 2.38 bits per heavy atom. The lowest BCUT2D eigenvalue weighted by Gasteiger charge is -2.17. The molecule has 21 heavy (non-hydrogen) atoms. The Bertz CT molecular complexity index is 540. The van der Waals surface area contributed by atoms with Crippen molar-refractivity contribution in [2.24, 2.45) is 0 Å². The van der Waals surface area contributed by atoms with E-state index in [-0.39, 0.29) is 24.5 Å². The highest BCUT2D eigenvalue weighted by Gasteiger charge is 2.21. The fourth-order valence-corrected chi connectivity index (χ4v) is 3.07. The number of nitrogens with one attached hydrogen (secondary N) is 1. The highest BCUT2D eigenvalue weighted by Crippen LogP contribution is 2.29.